The van der Waals surface area contributed by atoms with Gasteiger partial charge in [0.05, 0.1) is 4.90 Å². The number of aliphatic carboxylic acids is 1. The molecular weight excluding hydrogens is 394 g/mol. The van der Waals surface area contributed by atoms with Crippen molar-refractivity contribution >= 4 is 26.9 Å². The zero-order valence-electron chi connectivity index (χ0n) is 15.9. The van der Waals surface area contributed by atoms with Crippen molar-refractivity contribution in [2.45, 2.75) is 36.7 Å². The Balaban J connectivity index is 1.70. The molecule has 0 radical (unpaired) electrons. The number of nitrogens with zero attached hydrogens (tertiary/aromatic N) is 2. The normalized spacial score (nSPS) is 16.9. The van der Waals surface area contributed by atoms with Crippen LogP contribution in [0.25, 0.3) is 10.9 Å². The molecule has 8 heteroatoms. The average Bonchev–Trinajstić information content (AvgIpc) is 3.00. The van der Waals surface area contributed by atoms with Crippen molar-refractivity contribution < 1.29 is 22.7 Å². The van der Waals surface area contributed by atoms with Crippen LogP contribution in [0.15, 0.2) is 53.4 Å². The molecule has 1 aromatic heterocycles. The van der Waals surface area contributed by atoms with Gasteiger partial charge in [-0.2, -0.15) is 4.31 Å². The molecule has 4 rings (SSSR count). The predicted octanol–water partition coefficient (Wildman–Crippen LogP) is 3.04. The molecule has 3 aromatic rings. The SMILES string of the molecule is CN(C1CCc2c(c3ccccc3n2CC(=O)O)C1)S(=O)(=O)c1ccc([18F])cc1. The van der Waals surface area contributed by atoms with Gasteiger partial charge in [0.25, 0.3) is 0 Å². The summed E-state index contributed by atoms with van der Waals surface area (Å²) in [5.74, 6) is -1.40. The third-order valence-electron chi connectivity index (χ3n) is 5.65. The van der Waals surface area contributed by atoms with Crippen LogP contribution in [0.3, 0.4) is 0 Å². The van der Waals surface area contributed by atoms with Crippen molar-refractivity contribution in [2.24, 2.45) is 0 Å². The summed E-state index contributed by atoms with van der Waals surface area (Å²) in [7, 11) is -2.21. The lowest BCUT2D eigenvalue weighted by Crippen LogP contribution is -2.40. The summed E-state index contributed by atoms with van der Waals surface area (Å²) in [5, 5.41) is 10.3. The van der Waals surface area contributed by atoms with Gasteiger partial charge in [0.1, 0.15) is 12.4 Å². The first-order valence-corrected chi connectivity index (χ1v) is 10.8. The molecule has 0 spiro atoms. The van der Waals surface area contributed by atoms with Crippen molar-refractivity contribution in [1.29, 1.82) is 0 Å². The first kappa shape index (κ1) is 19.6. The molecule has 29 heavy (non-hydrogen) atoms. The van der Waals surface area contributed by atoms with Gasteiger partial charge in [-0.3, -0.25) is 4.79 Å². The standard InChI is InChI=1S/C21H21FN2O4S/c1-23(29(27,28)16-9-6-14(22)7-10-16)15-8-11-20-18(12-15)17-4-2-3-5-19(17)24(20)13-21(25)26/h2-7,9-10,15H,8,11-13H2,1H3,(H,25,26)/i22-1. The molecule has 0 saturated heterocycles. The number of para-hydroxylation sites is 1. The monoisotopic (exact) mass is 415 g/mol. The number of hydrogen-bond donors (Lipinski definition) is 1. The van der Waals surface area contributed by atoms with Crippen molar-refractivity contribution in [3.63, 3.8) is 0 Å². The largest absolute Gasteiger partial charge is 0.480 e. The van der Waals surface area contributed by atoms with E-state index >= 15 is 0 Å². The number of carboxylic acid groups (broad SMARTS) is 1. The number of halogens is 1. The van der Waals surface area contributed by atoms with Gasteiger partial charge in [-0.25, -0.2) is 12.8 Å². The Bertz CT molecular complexity index is 1190. The second kappa shape index (κ2) is 7.27. The third-order valence-corrected chi connectivity index (χ3v) is 7.57. The van der Waals surface area contributed by atoms with E-state index in [2.05, 4.69) is 0 Å². The number of fused-ring (bicyclic) bond motifs is 3. The summed E-state index contributed by atoms with van der Waals surface area (Å²) < 4.78 is 42.3. The van der Waals surface area contributed by atoms with E-state index in [9.17, 15) is 22.7 Å². The maximum Gasteiger partial charge on any atom is 0.323 e. The zero-order chi connectivity index (χ0) is 20.8. The van der Waals surface area contributed by atoms with Crippen molar-refractivity contribution in [3.8, 4) is 0 Å². The summed E-state index contributed by atoms with van der Waals surface area (Å²) >= 11 is 0. The van der Waals surface area contributed by atoms with Crippen LogP contribution in [0.5, 0.6) is 0 Å². The molecular formula is C21H21FN2O4S. The molecule has 0 saturated carbocycles. The lowest BCUT2D eigenvalue weighted by atomic mass is 9.91. The molecule has 1 heterocycles. The number of rotatable bonds is 5. The number of benzene rings is 2. The highest BCUT2D eigenvalue weighted by Gasteiger charge is 2.33. The summed E-state index contributed by atoms with van der Waals surface area (Å²) in [6.07, 6.45) is 1.67. The van der Waals surface area contributed by atoms with Crippen LogP contribution in [0.2, 0.25) is 0 Å². The number of aromatic nitrogens is 1. The molecule has 0 bridgehead atoms. The van der Waals surface area contributed by atoms with Crippen LogP contribution in [0.4, 0.5) is 4.39 Å². The number of carboxylic acids is 1. The van der Waals surface area contributed by atoms with Crippen LogP contribution in [-0.4, -0.2) is 41.5 Å². The van der Waals surface area contributed by atoms with Gasteiger partial charge in [-0.05, 0) is 55.2 Å². The minimum Gasteiger partial charge on any atom is -0.480 e. The van der Waals surface area contributed by atoms with E-state index in [1.165, 1.54) is 16.4 Å². The lowest BCUT2D eigenvalue weighted by Gasteiger charge is -2.31. The molecule has 1 aliphatic carbocycles. The van der Waals surface area contributed by atoms with Crippen LogP contribution in [0, 0.1) is 5.82 Å². The molecule has 0 fully saturated rings. The Morgan fingerprint density at radius 1 is 1.21 bits per heavy atom. The van der Waals surface area contributed by atoms with E-state index < -0.39 is 21.8 Å². The fourth-order valence-corrected chi connectivity index (χ4v) is 5.56. The van der Waals surface area contributed by atoms with E-state index in [-0.39, 0.29) is 17.5 Å². The van der Waals surface area contributed by atoms with Gasteiger partial charge in [-0.1, -0.05) is 18.2 Å². The van der Waals surface area contributed by atoms with Crippen molar-refractivity contribution in [3.05, 3.63) is 65.6 Å². The van der Waals surface area contributed by atoms with E-state index in [1.807, 2.05) is 28.8 Å². The van der Waals surface area contributed by atoms with Gasteiger partial charge in [0, 0.05) is 29.7 Å². The molecule has 1 unspecified atom stereocenters. The summed E-state index contributed by atoms with van der Waals surface area (Å²) in [6.45, 7) is -0.121. The van der Waals surface area contributed by atoms with Crippen LogP contribution < -0.4 is 0 Å². The molecule has 2 aromatic carbocycles. The first-order chi connectivity index (χ1) is 13.8. The lowest BCUT2D eigenvalue weighted by molar-refractivity contribution is -0.137. The van der Waals surface area contributed by atoms with Gasteiger partial charge >= 0.3 is 5.97 Å². The van der Waals surface area contributed by atoms with Gasteiger partial charge < -0.3 is 9.67 Å². The summed E-state index contributed by atoms with van der Waals surface area (Å²) in [5.41, 5.74) is 2.81. The highest BCUT2D eigenvalue weighted by molar-refractivity contribution is 7.89. The maximum atomic E-state index is 13.2. The van der Waals surface area contributed by atoms with Gasteiger partial charge in [0.2, 0.25) is 10.0 Å². The number of likely N-dealkylation sites (N-methyl/N-ethyl adjacent to an activating group) is 1. The Morgan fingerprint density at radius 2 is 1.90 bits per heavy atom. The quantitative estimate of drug-likeness (QED) is 0.695. The second-order valence-electron chi connectivity index (χ2n) is 7.29. The van der Waals surface area contributed by atoms with E-state index in [4.69, 9.17) is 0 Å². The van der Waals surface area contributed by atoms with Gasteiger partial charge in [-0.15, -0.1) is 0 Å². The summed E-state index contributed by atoms with van der Waals surface area (Å²) in [4.78, 5) is 11.4. The topological polar surface area (TPSA) is 79.6 Å². The van der Waals surface area contributed by atoms with Crippen LogP contribution in [-0.2, 0) is 34.2 Å². The third kappa shape index (κ3) is 3.42. The second-order valence-corrected chi connectivity index (χ2v) is 9.29. The van der Waals surface area contributed by atoms with Crippen LogP contribution >= 0.6 is 0 Å². The predicted molar refractivity (Wildman–Crippen MR) is 107 cm³/mol. The van der Waals surface area contributed by atoms with Crippen LogP contribution in [0.1, 0.15) is 17.7 Å². The van der Waals surface area contributed by atoms with E-state index in [1.54, 1.807) is 7.05 Å². The molecule has 0 aliphatic heterocycles. The summed E-state index contributed by atoms with van der Waals surface area (Å²) in [6, 6.07) is 12.2. The smallest absolute Gasteiger partial charge is 0.323 e. The fourth-order valence-electron chi connectivity index (χ4n) is 4.18. The molecule has 152 valence electrons. The minimum atomic E-state index is -3.76. The van der Waals surface area contributed by atoms with E-state index in [0.29, 0.717) is 19.3 Å². The maximum absolute atomic E-state index is 13.2. The highest BCUT2D eigenvalue weighted by atomic mass is 32.2. The Labute approximate surface area is 168 Å². The van der Waals surface area contributed by atoms with Gasteiger partial charge in [0.15, 0.2) is 0 Å². The average molecular weight is 415 g/mol. The minimum absolute atomic E-state index is 0.0560. The molecule has 1 N–H and O–H groups in total. The highest BCUT2D eigenvalue weighted by Crippen LogP contribution is 2.34. The molecule has 1 aliphatic rings. The van der Waals surface area contributed by atoms with E-state index in [0.717, 1.165) is 34.3 Å². The fraction of sp³-hybridized carbons (Fsp3) is 0.286. The molecule has 1 atom stereocenters. The number of hydrogen-bond acceptors (Lipinski definition) is 3. The number of carbonyl (C=O) groups is 1. The first-order valence-electron chi connectivity index (χ1n) is 9.33. The number of sulfonamides is 1. The Morgan fingerprint density at radius 3 is 2.59 bits per heavy atom. The zero-order valence-corrected chi connectivity index (χ0v) is 16.7. The Kier molecular flexibility index (Phi) is 4.92. The Hall–Kier alpha value is -2.71. The molecule has 6 nitrogen and oxygen atoms in total. The van der Waals surface area contributed by atoms with Crippen molar-refractivity contribution in [1.82, 2.24) is 8.87 Å². The van der Waals surface area contributed by atoms with Crippen molar-refractivity contribution in [2.75, 3.05) is 7.05 Å². The molecule has 0 amide bonds.